The largest absolute Gasteiger partial charge is 0.405 e. The molecule has 11 heteroatoms. The molecule has 2 aromatic rings. The van der Waals surface area contributed by atoms with Crippen LogP contribution in [0.25, 0.3) is 10.2 Å². The summed E-state index contributed by atoms with van der Waals surface area (Å²) >= 11 is 2.52. The predicted molar refractivity (Wildman–Crippen MR) is 114 cm³/mol. The van der Waals surface area contributed by atoms with Crippen molar-refractivity contribution >= 4 is 39.2 Å². The number of alkyl halides is 3. The number of amides is 1. The summed E-state index contributed by atoms with van der Waals surface area (Å²) in [6.45, 7) is 1.10. The summed E-state index contributed by atoms with van der Waals surface area (Å²) in [5.41, 5.74) is 0.933. The van der Waals surface area contributed by atoms with Crippen LogP contribution in [0, 0.1) is 0 Å². The van der Waals surface area contributed by atoms with E-state index in [1.807, 2.05) is 5.32 Å². The van der Waals surface area contributed by atoms with E-state index in [2.05, 4.69) is 0 Å². The van der Waals surface area contributed by atoms with Gasteiger partial charge in [-0.3, -0.25) is 14.2 Å². The molecular formula is C20H24F3N3O3S2. The molecule has 0 aromatic carbocycles. The Bertz CT molecular complexity index is 1030. The highest BCUT2D eigenvalue weighted by atomic mass is 32.2. The van der Waals surface area contributed by atoms with E-state index in [0.717, 1.165) is 55.9 Å². The molecule has 31 heavy (non-hydrogen) atoms. The number of rotatable bonds is 6. The quantitative estimate of drug-likeness (QED) is 0.510. The molecule has 0 saturated carbocycles. The van der Waals surface area contributed by atoms with E-state index in [1.54, 1.807) is 4.57 Å². The Kier molecular flexibility index (Phi) is 6.64. The summed E-state index contributed by atoms with van der Waals surface area (Å²) < 4.78 is 44.6. The maximum absolute atomic E-state index is 13.5. The first-order chi connectivity index (χ1) is 14.7. The molecule has 1 N–H and O–H groups in total. The Hall–Kier alpha value is -1.59. The zero-order valence-corrected chi connectivity index (χ0v) is 18.7. The minimum Gasteiger partial charge on any atom is -0.376 e. The predicted octanol–water partition coefficient (Wildman–Crippen LogP) is 3.67. The number of carbonyl (C=O) groups excluding carboxylic acids is 1. The SMILES string of the molecule is CC(Sc1nc2sc3c(c2c(=O)n1CC1CCCO1)CCCC3)C(=O)NCC(F)(F)F. The lowest BCUT2D eigenvalue weighted by Crippen LogP contribution is -2.38. The fourth-order valence-corrected chi connectivity index (χ4v) is 6.25. The van der Waals surface area contributed by atoms with Crippen LogP contribution in [0.2, 0.25) is 0 Å². The number of thioether (sulfide) groups is 1. The highest BCUT2D eigenvalue weighted by Gasteiger charge is 2.30. The van der Waals surface area contributed by atoms with Crippen molar-refractivity contribution < 1.29 is 22.7 Å². The fraction of sp³-hybridized carbons (Fsp3) is 0.650. The Morgan fingerprint density at radius 1 is 1.35 bits per heavy atom. The third kappa shape index (κ3) is 5.09. The number of fused-ring (bicyclic) bond motifs is 3. The molecule has 1 aliphatic heterocycles. The molecule has 1 aliphatic carbocycles. The fourth-order valence-electron chi connectivity index (χ4n) is 4.01. The van der Waals surface area contributed by atoms with Crippen molar-refractivity contribution in [3.8, 4) is 0 Å². The summed E-state index contributed by atoms with van der Waals surface area (Å²) in [5, 5.41) is 2.07. The highest BCUT2D eigenvalue weighted by molar-refractivity contribution is 8.00. The first-order valence-electron chi connectivity index (χ1n) is 10.4. The van der Waals surface area contributed by atoms with Gasteiger partial charge in [-0.1, -0.05) is 11.8 Å². The molecule has 0 spiro atoms. The Morgan fingerprint density at radius 2 is 2.13 bits per heavy atom. The van der Waals surface area contributed by atoms with Gasteiger partial charge in [-0.25, -0.2) is 4.98 Å². The van der Waals surface area contributed by atoms with Gasteiger partial charge in [-0.15, -0.1) is 11.3 Å². The van der Waals surface area contributed by atoms with Crippen molar-refractivity contribution in [2.24, 2.45) is 0 Å². The molecule has 0 bridgehead atoms. The summed E-state index contributed by atoms with van der Waals surface area (Å²) in [6.07, 6.45) is 1.07. The van der Waals surface area contributed by atoms with Crippen LogP contribution in [-0.4, -0.2) is 46.1 Å². The zero-order valence-electron chi connectivity index (χ0n) is 17.1. The number of carbonyl (C=O) groups is 1. The van der Waals surface area contributed by atoms with Crippen molar-refractivity contribution in [3.05, 3.63) is 20.8 Å². The summed E-state index contributed by atoms with van der Waals surface area (Å²) in [5.74, 6) is -0.745. The second-order valence-corrected chi connectivity index (χ2v) is 10.3. The standard InChI is InChI=1S/C20H24F3N3O3S2/c1-11(16(27)24-10-20(21,22)23)30-19-25-17-15(13-6-2-3-7-14(13)31-17)18(28)26(19)9-12-5-4-8-29-12/h11-12H,2-10H2,1H3,(H,24,27). The first-order valence-corrected chi connectivity index (χ1v) is 12.1. The third-order valence-corrected chi connectivity index (χ3v) is 7.84. The van der Waals surface area contributed by atoms with Crippen LogP contribution in [0.1, 0.15) is 43.0 Å². The van der Waals surface area contributed by atoms with Gasteiger partial charge in [0.2, 0.25) is 5.91 Å². The molecule has 0 radical (unpaired) electrons. The Morgan fingerprint density at radius 3 is 2.84 bits per heavy atom. The number of nitrogens with one attached hydrogen (secondary N) is 1. The molecule has 170 valence electrons. The average Bonchev–Trinajstić information content (AvgIpc) is 3.35. The molecule has 4 rings (SSSR count). The monoisotopic (exact) mass is 475 g/mol. The lowest BCUT2D eigenvalue weighted by Gasteiger charge is -2.18. The number of thiophene rings is 1. The van der Waals surface area contributed by atoms with Gasteiger partial charge in [-0.05, 0) is 51.0 Å². The van der Waals surface area contributed by atoms with E-state index >= 15 is 0 Å². The second kappa shape index (κ2) is 9.11. The molecular weight excluding hydrogens is 451 g/mol. The number of halogens is 3. The van der Waals surface area contributed by atoms with Gasteiger partial charge in [-0.2, -0.15) is 13.2 Å². The van der Waals surface area contributed by atoms with Gasteiger partial charge in [0.15, 0.2) is 5.16 Å². The minimum absolute atomic E-state index is 0.111. The van der Waals surface area contributed by atoms with Crippen LogP contribution in [-0.2, 0) is 28.9 Å². The number of aryl methyl sites for hydroxylation is 2. The van der Waals surface area contributed by atoms with Crippen molar-refractivity contribution in [1.82, 2.24) is 14.9 Å². The van der Waals surface area contributed by atoms with Crippen LogP contribution < -0.4 is 10.9 Å². The topological polar surface area (TPSA) is 73.2 Å². The van der Waals surface area contributed by atoms with Crippen molar-refractivity contribution in [3.63, 3.8) is 0 Å². The number of nitrogens with zero attached hydrogens (tertiary/aromatic N) is 2. The maximum atomic E-state index is 13.5. The van der Waals surface area contributed by atoms with Gasteiger partial charge in [0, 0.05) is 11.5 Å². The minimum atomic E-state index is -4.48. The number of hydrogen-bond acceptors (Lipinski definition) is 6. The molecule has 1 amide bonds. The van der Waals surface area contributed by atoms with E-state index in [0.29, 0.717) is 28.5 Å². The van der Waals surface area contributed by atoms with E-state index in [4.69, 9.17) is 9.72 Å². The summed E-state index contributed by atoms with van der Waals surface area (Å²) in [4.78, 5) is 32.2. The molecule has 6 nitrogen and oxygen atoms in total. The highest BCUT2D eigenvalue weighted by Crippen LogP contribution is 2.35. The van der Waals surface area contributed by atoms with E-state index in [-0.39, 0.29) is 11.7 Å². The lowest BCUT2D eigenvalue weighted by molar-refractivity contribution is -0.137. The number of aromatic nitrogens is 2. The molecule has 3 heterocycles. The molecule has 2 unspecified atom stereocenters. The van der Waals surface area contributed by atoms with Crippen LogP contribution in [0.3, 0.4) is 0 Å². The molecule has 2 aliphatic rings. The number of hydrogen-bond donors (Lipinski definition) is 1. The van der Waals surface area contributed by atoms with Crippen molar-refractivity contribution in [1.29, 1.82) is 0 Å². The van der Waals surface area contributed by atoms with E-state index in [1.165, 1.54) is 23.1 Å². The third-order valence-electron chi connectivity index (χ3n) is 5.56. The van der Waals surface area contributed by atoms with E-state index < -0.39 is 23.9 Å². The maximum Gasteiger partial charge on any atom is 0.405 e. The van der Waals surface area contributed by atoms with Crippen LogP contribution >= 0.6 is 23.1 Å². The van der Waals surface area contributed by atoms with E-state index in [9.17, 15) is 22.8 Å². The number of ether oxygens (including phenoxy) is 1. The van der Waals surface area contributed by atoms with Crippen molar-refractivity contribution in [2.45, 2.75) is 74.7 Å². The molecule has 2 atom stereocenters. The van der Waals surface area contributed by atoms with Gasteiger partial charge in [0.25, 0.3) is 5.56 Å². The average molecular weight is 476 g/mol. The molecule has 2 aromatic heterocycles. The normalized spacial score (nSPS) is 20.1. The first kappa shape index (κ1) is 22.6. The summed E-state index contributed by atoms with van der Waals surface area (Å²) in [7, 11) is 0. The van der Waals surface area contributed by atoms with Gasteiger partial charge < -0.3 is 10.1 Å². The van der Waals surface area contributed by atoms with Crippen LogP contribution in [0.5, 0.6) is 0 Å². The Balaban J connectivity index is 1.67. The van der Waals surface area contributed by atoms with Gasteiger partial charge in [0.05, 0.1) is 23.3 Å². The second-order valence-electron chi connectivity index (χ2n) is 7.93. The smallest absolute Gasteiger partial charge is 0.376 e. The summed E-state index contributed by atoms with van der Waals surface area (Å²) in [6, 6.07) is 0. The van der Waals surface area contributed by atoms with Crippen LogP contribution in [0.15, 0.2) is 9.95 Å². The van der Waals surface area contributed by atoms with Crippen molar-refractivity contribution in [2.75, 3.05) is 13.2 Å². The lowest BCUT2D eigenvalue weighted by atomic mass is 9.97. The molecule has 1 saturated heterocycles. The van der Waals surface area contributed by atoms with Gasteiger partial charge >= 0.3 is 6.18 Å². The molecule has 1 fully saturated rings. The zero-order chi connectivity index (χ0) is 22.2. The van der Waals surface area contributed by atoms with Crippen LogP contribution in [0.4, 0.5) is 13.2 Å². The van der Waals surface area contributed by atoms with Gasteiger partial charge in [0.1, 0.15) is 11.4 Å². The Labute approximate surface area is 185 Å².